The number of carbonyl (C=O) groups is 1. The van der Waals surface area contributed by atoms with Crippen LogP contribution < -0.4 is 5.32 Å². The van der Waals surface area contributed by atoms with E-state index in [9.17, 15) is 13.2 Å². The van der Waals surface area contributed by atoms with Crippen molar-refractivity contribution in [1.82, 2.24) is 0 Å². The predicted molar refractivity (Wildman–Crippen MR) is 82.1 cm³/mol. The van der Waals surface area contributed by atoms with E-state index >= 15 is 0 Å². The molecule has 1 N–H and O–H groups in total. The van der Waals surface area contributed by atoms with Crippen molar-refractivity contribution >= 4 is 54.5 Å². The van der Waals surface area contributed by atoms with Crippen molar-refractivity contribution in [1.29, 1.82) is 0 Å². The van der Waals surface area contributed by atoms with Crippen LogP contribution in [-0.2, 0) is 13.8 Å². The summed E-state index contributed by atoms with van der Waals surface area (Å²) in [4.78, 5) is 11.7. The molecule has 8 heteroatoms. The number of halogens is 3. The predicted octanol–water partition coefficient (Wildman–Crippen LogP) is 4.15. The Hall–Kier alpha value is -0.490. The molecule has 1 amide bonds. The van der Waals surface area contributed by atoms with Crippen LogP contribution in [0.5, 0.6) is 0 Å². The highest BCUT2D eigenvalue weighted by Crippen LogP contribution is 2.34. The van der Waals surface area contributed by atoms with Crippen LogP contribution in [0.15, 0.2) is 17.0 Å². The third-order valence-electron chi connectivity index (χ3n) is 2.96. The first-order valence-corrected chi connectivity index (χ1v) is 8.85. The van der Waals surface area contributed by atoms with E-state index in [1.807, 2.05) is 13.8 Å². The summed E-state index contributed by atoms with van der Waals surface area (Å²) >= 11 is 11.9. The first-order chi connectivity index (χ1) is 9.04. The maximum Gasteiger partial charge on any atom is 0.261 e. The van der Waals surface area contributed by atoms with Crippen LogP contribution in [0.25, 0.3) is 0 Å². The molecule has 4 nitrogen and oxygen atoms in total. The number of carbonyl (C=O) groups excluding carboxylic acids is 1. The Morgan fingerprint density at radius 1 is 1.15 bits per heavy atom. The van der Waals surface area contributed by atoms with Crippen molar-refractivity contribution in [2.45, 2.75) is 25.7 Å². The van der Waals surface area contributed by atoms with E-state index in [1.54, 1.807) is 6.92 Å². The van der Waals surface area contributed by atoms with Gasteiger partial charge >= 0.3 is 0 Å². The summed E-state index contributed by atoms with van der Waals surface area (Å²) in [6.45, 7) is 5.60. The molecule has 1 atom stereocenters. The maximum absolute atomic E-state index is 12.0. The van der Waals surface area contributed by atoms with Gasteiger partial charge in [0.1, 0.15) is 0 Å². The van der Waals surface area contributed by atoms with Crippen molar-refractivity contribution in [2.24, 2.45) is 11.8 Å². The summed E-state index contributed by atoms with van der Waals surface area (Å²) < 4.78 is 22.5. The zero-order valence-electron chi connectivity index (χ0n) is 11.1. The van der Waals surface area contributed by atoms with Gasteiger partial charge in [0, 0.05) is 16.6 Å². The number of amides is 1. The summed E-state index contributed by atoms with van der Waals surface area (Å²) in [5.41, 5.74) is 0.176. The zero-order valence-corrected chi connectivity index (χ0v) is 14.2. The third-order valence-corrected chi connectivity index (χ3v) is 4.89. The van der Waals surface area contributed by atoms with Crippen molar-refractivity contribution in [2.75, 3.05) is 5.32 Å². The molecule has 0 aliphatic carbocycles. The normalized spacial score (nSPS) is 13.3. The average molecular weight is 359 g/mol. The molecule has 0 heterocycles. The second-order valence-electron chi connectivity index (χ2n) is 4.72. The Kier molecular flexibility index (Phi) is 5.72. The van der Waals surface area contributed by atoms with E-state index in [2.05, 4.69) is 5.32 Å². The fraction of sp³-hybridized carbons (Fsp3) is 0.417. The van der Waals surface area contributed by atoms with Gasteiger partial charge in [-0.05, 0) is 18.1 Å². The number of rotatable bonds is 4. The van der Waals surface area contributed by atoms with Gasteiger partial charge in [-0.25, -0.2) is 8.42 Å². The van der Waals surface area contributed by atoms with E-state index in [-0.39, 0.29) is 38.4 Å². The highest BCUT2D eigenvalue weighted by atomic mass is 35.7. The SMILES string of the molecule is CC(C)C(C)C(=O)Nc1c(Cl)cc(S(=O)(=O)Cl)cc1Cl. The third kappa shape index (κ3) is 4.25. The molecule has 1 aromatic rings. The van der Waals surface area contributed by atoms with Crippen LogP contribution in [0.4, 0.5) is 5.69 Å². The fourth-order valence-electron chi connectivity index (χ4n) is 1.35. The second kappa shape index (κ2) is 6.52. The number of benzene rings is 1. The molecule has 0 saturated carbocycles. The van der Waals surface area contributed by atoms with Crippen LogP contribution in [0.2, 0.25) is 10.0 Å². The largest absolute Gasteiger partial charge is 0.323 e. The van der Waals surface area contributed by atoms with E-state index in [4.69, 9.17) is 33.9 Å². The summed E-state index contributed by atoms with van der Waals surface area (Å²) in [5.74, 6) is -0.334. The molecule has 0 aliphatic heterocycles. The number of hydrogen-bond donors (Lipinski definition) is 1. The minimum atomic E-state index is -3.93. The molecule has 1 rings (SSSR count). The molecule has 1 aromatic carbocycles. The molecule has 20 heavy (non-hydrogen) atoms. The first-order valence-electron chi connectivity index (χ1n) is 5.78. The van der Waals surface area contributed by atoms with Crippen LogP contribution in [0.3, 0.4) is 0 Å². The van der Waals surface area contributed by atoms with Gasteiger partial charge in [-0.3, -0.25) is 4.79 Å². The fourth-order valence-corrected chi connectivity index (χ4v) is 2.85. The molecular formula is C12H14Cl3NO3S. The van der Waals surface area contributed by atoms with Crippen LogP contribution in [-0.4, -0.2) is 14.3 Å². The van der Waals surface area contributed by atoms with E-state index in [1.165, 1.54) is 0 Å². The van der Waals surface area contributed by atoms with Crippen LogP contribution in [0, 0.1) is 11.8 Å². The topological polar surface area (TPSA) is 63.2 Å². The van der Waals surface area contributed by atoms with Crippen molar-refractivity contribution in [3.8, 4) is 0 Å². The molecule has 112 valence electrons. The molecule has 0 fully saturated rings. The monoisotopic (exact) mass is 357 g/mol. The molecule has 0 aliphatic rings. The highest BCUT2D eigenvalue weighted by Gasteiger charge is 2.21. The van der Waals surface area contributed by atoms with Crippen LogP contribution in [0.1, 0.15) is 20.8 Å². The van der Waals surface area contributed by atoms with Gasteiger partial charge in [-0.2, -0.15) is 0 Å². The molecule has 0 aromatic heterocycles. The quantitative estimate of drug-likeness (QED) is 0.822. The summed E-state index contributed by atoms with van der Waals surface area (Å²) in [5, 5.41) is 2.63. The number of anilines is 1. The van der Waals surface area contributed by atoms with Gasteiger partial charge in [-0.15, -0.1) is 0 Å². The molecule has 0 radical (unpaired) electrons. The minimum Gasteiger partial charge on any atom is -0.323 e. The first kappa shape index (κ1) is 17.6. The molecule has 0 spiro atoms. The van der Waals surface area contributed by atoms with Gasteiger partial charge in [0.15, 0.2) is 0 Å². The molecule has 0 saturated heterocycles. The summed E-state index contributed by atoms with van der Waals surface area (Å²) in [6.07, 6.45) is 0. The van der Waals surface area contributed by atoms with Crippen LogP contribution >= 0.6 is 33.9 Å². The Bertz CT molecular complexity index is 606. The maximum atomic E-state index is 12.0. The van der Waals surface area contributed by atoms with E-state index < -0.39 is 9.05 Å². The molecule has 1 unspecified atom stereocenters. The number of nitrogens with one attached hydrogen (secondary N) is 1. The van der Waals surface area contributed by atoms with Crippen molar-refractivity contribution in [3.63, 3.8) is 0 Å². The lowest BCUT2D eigenvalue weighted by molar-refractivity contribution is -0.120. The van der Waals surface area contributed by atoms with Gasteiger partial charge in [0.05, 0.1) is 20.6 Å². The summed E-state index contributed by atoms with van der Waals surface area (Å²) in [6, 6.07) is 2.29. The average Bonchev–Trinajstić information content (AvgIpc) is 2.30. The smallest absolute Gasteiger partial charge is 0.261 e. The van der Waals surface area contributed by atoms with Gasteiger partial charge in [-0.1, -0.05) is 44.0 Å². The molecule has 0 bridgehead atoms. The van der Waals surface area contributed by atoms with E-state index in [0.717, 1.165) is 12.1 Å². The van der Waals surface area contributed by atoms with E-state index in [0.29, 0.717) is 0 Å². The van der Waals surface area contributed by atoms with Gasteiger partial charge in [0.25, 0.3) is 9.05 Å². The Morgan fingerprint density at radius 3 is 1.95 bits per heavy atom. The Balaban J connectivity index is 3.13. The minimum absolute atomic E-state index is 0.0148. The van der Waals surface area contributed by atoms with Crippen molar-refractivity contribution in [3.05, 3.63) is 22.2 Å². The Morgan fingerprint density at radius 2 is 1.60 bits per heavy atom. The van der Waals surface area contributed by atoms with Gasteiger partial charge in [0.2, 0.25) is 5.91 Å². The summed E-state index contributed by atoms with van der Waals surface area (Å²) in [7, 11) is 1.29. The standard InChI is InChI=1S/C12H14Cl3NO3S/c1-6(2)7(3)12(17)16-11-9(13)4-8(5-10(11)14)20(15,18)19/h4-7H,1-3H3,(H,16,17). The lowest BCUT2D eigenvalue weighted by Gasteiger charge is -2.17. The molecular weight excluding hydrogens is 345 g/mol. The number of hydrogen-bond acceptors (Lipinski definition) is 3. The van der Waals surface area contributed by atoms with Gasteiger partial charge < -0.3 is 5.32 Å². The lowest BCUT2D eigenvalue weighted by atomic mass is 9.97. The lowest BCUT2D eigenvalue weighted by Crippen LogP contribution is -2.24. The highest BCUT2D eigenvalue weighted by molar-refractivity contribution is 8.13. The zero-order chi connectivity index (χ0) is 15.7. The second-order valence-corrected chi connectivity index (χ2v) is 8.10. The van der Waals surface area contributed by atoms with Crippen molar-refractivity contribution < 1.29 is 13.2 Å². The Labute approximate surface area is 132 Å².